The molecule has 2 rings (SSSR count). The lowest BCUT2D eigenvalue weighted by atomic mass is 10.2. The van der Waals surface area contributed by atoms with E-state index in [2.05, 4.69) is 10.3 Å². The Morgan fingerprint density at radius 1 is 1.33 bits per heavy atom. The number of benzene rings is 1. The fourth-order valence-electron chi connectivity index (χ4n) is 1.96. The molecule has 1 heterocycles. The summed E-state index contributed by atoms with van der Waals surface area (Å²) in [6.45, 7) is 1.03. The molecule has 3 N–H and O–H groups in total. The first-order valence-electron chi connectivity index (χ1n) is 6.74. The van der Waals surface area contributed by atoms with E-state index >= 15 is 0 Å². The standard InChI is InChI=1S/C14H19N5O2/c15-8-13-10-19(17-16-13)11-14(21)18(6-7-20)9-12-4-2-1-3-5-12/h1-5,10,20H,6-9,11,15H2. The second kappa shape index (κ2) is 7.51. The molecular formula is C14H19N5O2. The van der Waals surface area contributed by atoms with E-state index in [1.54, 1.807) is 11.1 Å². The van der Waals surface area contributed by atoms with Gasteiger partial charge in [-0.05, 0) is 5.56 Å². The summed E-state index contributed by atoms with van der Waals surface area (Å²) >= 11 is 0. The molecule has 0 aliphatic rings. The van der Waals surface area contributed by atoms with E-state index in [0.717, 1.165) is 5.56 Å². The van der Waals surface area contributed by atoms with Crippen LogP contribution in [0.15, 0.2) is 36.5 Å². The molecule has 0 atom stereocenters. The van der Waals surface area contributed by atoms with Gasteiger partial charge in [0.15, 0.2) is 0 Å². The number of aliphatic hydroxyl groups excluding tert-OH is 1. The minimum absolute atomic E-state index is 0.0794. The van der Waals surface area contributed by atoms with Crippen molar-refractivity contribution in [3.63, 3.8) is 0 Å². The van der Waals surface area contributed by atoms with Gasteiger partial charge in [-0.25, -0.2) is 4.68 Å². The summed E-state index contributed by atoms with van der Waals surface area (Å²) in [4.78, 5) is 13.9. The lowest BCUT2D eigenvalue weighted by Crippen LogP contribution is -2.35. The van der Waals surface area contributed by atoms with Gasteiger partial charge in [-0.15, -0.1) is 5.10 Å². The summed E-state index contributed by atoms with van der Waals surface area (Å²) in [6, 6.07) is 9.65. The van der Waals surface area contributed by atoms with Crippen LogP contribution in [0.4, 0.5) is 0 Å². The normalized spacial score (nSPS) is 10.6. The van der Waals surface area contributed by atoms with E-state index in [1.807, 2.05) is 30.3 Å². The first-order chi connectivity index (χ1) is 10.2. The van der Waals surface area contributed by atoms with E-state index in [9.17, 15) is 4.79 Å². The summed E-state index contributed by atoms with van der Waals surface area (Å²) in [6.07, 6.45) is 1.65. The van der Waals surface area contributed by atoms with E-state index in [4.69, 9.17) is 10.8 Å². The van der Waals surface area contributed by atoms with Gasteiger partial charge in [-0.1, -0.05) is 35.5 Å². The van der Waals surface area contributed by atoms with Gasteiger partial charge in [-0.2, -0.15) is 0 Å². The minimum atomic E-state index is -0.124. The highest BCUT2D eigenvalue weighted by Gasteiger charge is 2.15. The van der Waals surface area contributed by atoms with Crippen LogP contribution in [0, 0.1) is 0 Å². The van der Waals surface area contributed by atoms with Gasteiger partial charge in [0.25, 0.3) is 0 Å². The Morgan fingerprint density at radius 3 is 2.71 bits per heavy atom. The molecular weight excluding hydrogens is 270 g/mol. The summed E-state index contributed by atoms with van der Waals surface area (Å²) < 4.78 is 1.46. The van der Waals surface area contributed by atoms with Crippen molar-refractivity contribution in [2.24, 2.45) is 5.73 Å². The third kappa shape index (κ3) is 4.37. The van der Waals surface area contributed by atoms with Crippen molar-refractivity contribution in [2.45, 2.75) is 19.6 Å². The molecule has 21 heavy (non-hydrogen) atoms. The number of hydrogen-bond acceptors (Lipinski definition) is 5. The fourth-order valence-corrected chi connectivity index (χ4v) is 1.96. The lowest BCUT2D eigenvalue weighted by molar-refractivity contribution is -0.133. The molecule has 112 valence electrons. The van der Waals surface area contributed by atoms with Gasteiger partial charge in [0, 0.05) is 19.6 Å². The summed E-state index contributed by atoms with van der Waals surface area (Å²) in [5, 5.41) is 16.8. The van der Waals surface area contributed by atoms with Crippen LogP contribution >= 0.6 is 0 Å². The lowest BCUT2D eigenvalue weighted by Gasteiger charge is -2.21. The Bertz CT molecular complexity index is 570. The van der Waals surface area contributed by atoms with Crippen molar-refractivity contribution < 1.29 is 9.90 Å². The number of nitrogens with two attached hydrogens (primary N) is 1. The molecule has 0 spiro atoms. The maximum Gasteiger partial charge on any atom is 0.244 e. The maximum atomic E-state index is 12.3. The van der Waals surface area contributed by atoms with Crippen LogP contribution in [0.5, 0.6) is 0 Å². The molecule has 0 radical (unpaired) electrons. The van der Waals surface area contributed by atoms with Crippen molar-refractivity contribution in [1.82, 2.24) is 19.9 Å². The van der Waals surface area contributed by atoms with Crippen LogP contribution in [-0.4, -0.2) is 44.1 Å². The number of hydrogen-bond donors (Lipinski definition) is 2. The van der Waals surface area contributed by atoms with Crippen LogP contribution in [0.25, 0.3) is 0 Å². The number of amides is 1. The maximum absolute atomic E-state index is 12.3. The van der Waals surface area contributed by atoms with Crippen LogP contribution < -0.4 is 5.73 Å². The van der Waals surface area contributed by atoms with Crippen molar-refractivity contribution in [3.05, 3.63) is 47.8 Å². The predicted molar refractivity (Wildman–Crippen MR) is 76.9 cm³/mol. The van der Waals surface area contributed by atoms with Crippen LogP contribution in [0.3, 0.4) is 0 Å². The van der Waals surface area contributed by atoms with Gasteiger partial charge in [0.2, 0.25) is 5.91 Å². The number of carbonyl (C=O) groups excluding carboxylic acids is 1. The number of carbonyl (C=O) groups is 1. The zero-order valence-corrected chi connectivity index (χ0v) is 11.7. The highest BCUT2D eigenvalue weighted by atomic mass is 16.3. The van der Waals surface area contributed by atoms with Gasteiger partial charge in [0.1, 0.15) is 6.54 Å². The number of nitrogens with zero attached hydrogens (tertiary/aromatic N) is 4. The van der Waals surface area contributed by atoms with Gasteiger partial charge < -0.3 is 15.7 Å². The number of rotatable bonds is 7. The Kier molecular flexibility index (Phi) is 5.42. The molecule has 0 saturated heterocycles. The molecule has 2 aromatic rings. The highest BCUT2D eigenvalue weighted by molar-refractivity contribution is 5.75. The van der Waals surface area contributed by atoms with E-state index in [1.165, 1.54) is 4.68 Å². The van der Waals surface area contributed by atoms with Gasteiger partial charge in [0.05, 0.1) is 18.5 Å². The van der Waals surface area contributed by atoms with Crippen molar-refractivity contribution >= 4 is 5.91 Å². The summed E-state index contributed by atoms with van der Waals surface area (Å²) in [5.41, 5.74) is 7.11. The topological polar surface area (TPSA) is 97.3 Å². The second-order valence-electron chi connectivity index (χ2n) is 4.64. The summed E-state index contributed by atoms with van der Waals surface area (Å²) in [5.74, 6) is -0.124. The first-order valence-corrected chi connectivity index (χ1v) is 6.74. The van der Waals surface area contributed by atoms with Crippen LogP contribution in [0.2, 0.25) is 0 Å². The third-order valence-electron chi connectivity index (χ3n) is 3.03. The van der Waals surface area contributed by atoms with Gasteiger partial charge >= 0.3 is 0 Å². The zero-order chi connectivity index (χ0) is 15.1. The van der Waals surface area contributed by atoms with E-state index in [-0.39, 0.29) is 25.6 Å². The fraction of sp³-hybridized carbons (Fsp3) is 0.357. The molecule has 1 amide bonds. The van der Waals surface area contributed by atoms with Crippen molar-refractivity contribution in [2.75, 3.05) is 13.2 Å². The Morgan fingerprint density at radius 2 is 2.10 bits per heavy atom. The highest BCUT2D eigenvalue weighted by Crippen LogP contribution is 2.05. The third-order valence-corrected chi connectivity index (χ3v) is 3.03. The molecule has 0 bridgehead atoms. The molecule has 0 saturated carbocycles. The van der Waals surface area contributed by atoms with Crippen LogP contribution in [-0.2, 0) is 24.4 Å². The zero-order valence-electron chi connectivity index (χ0n) is 11.7. The molecule has 0 aliphatic heterocycles. The number of aliphatic hydroxyl groups is 1. The summed E-state index contributed by atoms with van der Waals surface area (Å²) in [7, 11) is 0. The second-order valence-corrected chi connectivity index (χ2v) is 4.64. The average Bonchev–Trinajstić information content (AvgIpc) is 2.95. The Balaban J connectivity index is 2.01. The Labute approximate surface area is 123 Å². The smallest absolute Gasteiger partial charge is 0.244 e. The largest absolute Gasteiger partial charge is 0.395 e. The number of aromatic nitrogens is 3. The average molecular weight is 289 g/mol. The predicted octanol–water partition coefficient (Wildman–Crippen LogP) is -0.242. The Hall–Kier alpha value is -2.25. The van der Waals surface area contributed by atoms with Crippen molar-refractivity contribution in [3.8, 4) is 0 Å². The minimum Gasteiger partial charge on any atom is -0.395 e. The van der Waals surface area contributed by atoms with E-state index in [0.29, 0.717) is 18.8 Å². The van der Waals surface area contributed by atoms with Crippen molar-refractivity contribution in [1.29, 1.82) is 0 Å². The molecule has 1 aromatic heterocycles. The molecule has 7 nitrogen and oxygen atoms in total. The first kappa shape index (κ1) is 15.1. The molecule has 0 unspecified atom stereocenters. The molecule has 1 aromatic carbocycles. The monoisotopic (exact) mass is 289 g/mol. The van der Waals surface area contributed by atoms with E-state index < -0.39 is 0 Å². The van der Waals surface area contributed by atoms with Gasteiger partial charge in [-0.3, -0.25) is 4.79 Å². The molecule has 0 aliphatic carbocycles. The molecule has 0 fully saturated rings. The quantitative estimate of drug-likeness (QED) is 0.733. The SMILES string of the molecule is NCc1cn(CC(=O)N(CCO)Cc2ccccc2)nn1. The van der Waals surface area contributed by atoms with Crippen LogP contribution in [0.1, 0.15) is 11.3 Å². The molecule has 7 heteroatoms.